The fourth-order valence-electron chi connectivity index (χ4n) is 3.13. The summed E-state index contributed by atoms with van der Waals surface area (Å²) in [5, 5.41) is 7.03. The minimum atomic E-state index is -0.603. The van der Waals surface area contributed by atoms with Crippen LogP contribution in [0.4, 0.5) is 14.5 Å². The summed E-state index contributed by atoms with van der Waals surface area (Å²) in [6.07, 6.45) is 3.86. The normalized spacial score (nSPS) is 11.0. The summed E-state index contributed by atoms with van der Waals surface area (Å²) in [4.78, 5) is 20.5. The van der Waals surface area contributed by atoms with Crippen LogP contribution >= 0.6 is 0 Å². The summed E-state index contributed by atoms with van der Waals surface area (Å²) in [5.74, 6) is -1.59. The molecule has 9 heteroatoms. The van der Waals surface area contributed by atoms with Crippen LogP contribution < -0.4 is 11.1 Å². The summed E-state index contributed by atoms with van der Waals surface area (Å²) in [6, 6.07) is 9.15. The lowest BCUT2D eigenvalue weighted by Gasteiger charge is -2.11. The molecule has 0 aliphatic heterocycles. The second kappa shape index (κ2) is 8.47. The van der Waals surface area contributed by atoms with Crippen LogP contribution in [0.15, 0.2) is 58.0 Å². The third kappa shape index (κ3) is 4.20. The molecule has 4 aromatic rings. The standard InChI is InChI=1S/C22H19F2N5O2/c1-3-19-15(9-13(10-26-19)21-28-29(2)22(30)31-21)20-8-7-14(11-27-20)25-12-16-17(23)5-4-6-18(16)24/h4-11,25H,3,12H2,1-2H3. The van der Waals surface area contributed by atoms with E-state index in [9.17, 15) is 13.6 Å². The first-order chi connectivity index (χ1) is 15.0. The molecule has 3 aromatic heterocycles. The number of rotatable bonds is 6. The number of aryl methyl sites for hydroxylation is 2. The molecule has 158 valence electrons. The lowest BCUT2D eigenvalue weighted by atomic mass is 10.0. The monoisotopic (exact) mass is 423 g/mol. The zero-order valence-electron chi connectivity index (χ0n) is 16.9. The molecule has 0 amide bonds. The summed E-state index contributed by atoms with van der Waals surface area (Å²) in [7, 11) is 1.50. The van der Waals surface area contributed by atoms with Gasteiger partial charge in [-0.3, -0.25) is 9.97 Å². The van der Waals surface area contributed by atoms with E-state index in [4.69, 9.17) is 4.42 Å². The van der Waals surface area contributed by atoms with Crippen molar-refractivity contribution in [3.8, 4) is 22.7 Å². The highest BCUT2D eigenvalue weighted by Crippen LogP contribution is 2.27. The minimum absolute atomic E-state index is 0.00447. The van der Waals surface area contributed by atoms with Crippen molar-refractivity contribution >= 4 is 5.69 Å². The van der Waals surface area contributed by atoms with Crippen molar-refractivity contribution in [3.63, 3.8) is 0 Å². The first kappa shape index (κ1) is 20.4. The van der Waals surface area contributed by atoms with Gasteiger partial charge in [-0.1, -0.05) is 13.0 Å². The molecule has 4 rings (SSSR count). The highest BCUT2D eigenvalue weighted by Gasteiger charge is 2.14. The maximum Gasteiger partial charge on any atom is 0.437 e. The number of nitrogens with one attached hydrogen (secondary N) is 1. The van der Waals surface area contributed by atoms with Crippen molar-refractivity contribution in [2.24, 2.45) is 7.05 Å². The van der Waals surface area contributed by atoms with Gasteiger partial charge in [0, 0.05) is 36.6 Å². The molecule has 1 N–H and O–H groups in total. The SMILES string of the molecule is CCc1ncc(-c2nn(C)c(=O)o2)cc1-c1ccc(NCc2c(F)cccc2F)cn1. The van der Waals surface area contributed by atoms with E-state index in [2.05, 4.69) is 20.4 Å². The number of nitrogens with zero attached hydrogens (tertiary/aromatic N) is 4. The smallest absolute Gasteiger partial charge is 0.388 e. The van der Waals surface area contributed by atoms with Crippen LogP contribution in [0.3, 0.4) is 0 Å². The molecule has 0 atom stereocenters. The number of pyridine rings is 2. The lowest BCUT2D eigenvalue weighted by Crippen LogP contribution is -2.09. The van der Waals surface area contributed by atoms with Crippen molar-refractivity contribution in [1.29, 1.82) is 0 Å². The van der Waals surface area contributed by atoms with E-state index < -0.39 is 17.4 Å². The summed E-state index contributed by atoms with van der Waals surface area (Å²) in [6.45, 7) is 1.97. The maximum atomic E-state index is 13.8. The second-order valence-electron chi connectivity index (χ2n) is 6.85. The first-order valence-corrected chi connectivity index (χ1v) is 9.63. The summed E-state index contributed by atoms with van der Waals surface area (Å²) < 4.78 is 33.8. The van der Waals surface area contributed by atoms with Crippen molar-refractivity contribution in [1.82, 2.24) is 19.7 Å². The van der Waals surface area contributed by atoms with Crippen LogP contribution in [-0.4, -0.2) is 19.7 Å². The zero-order valence-corrected chi connectivity index (χ0v) is 16.9. The number of anilines is 1. The molecule has 0 unspecified atom stereocenters. The van der Waals surface area contributed by atoms with Crippen molar-refractivity contribution < 1.29 is 13.2 Å². The van der Waals surface area contributed by atoms with E-state index in [1.807, 2.05) is 13.0 Å². The van der Waals surface area contributed by atoms with Gasteiger partial charge in [0.2, 0.25) is 0 Å². The van der Waals surface area contributed by atoms with Gasteiger partial charge in [-0.05, 0) is 36.8 Å². The first-order valence-electron chi connectivity index (χ1n) is 9.63. The number of aromatic nitrogens is 4. The topological polar surface area (TPSA) is 85.8 Å². The van der Waals surface area contributed by atoms with Crippen LogP contribution in [0.1, 0.15) is 18.2 Å². The molecule has 0 radical (unpaired) electrons. The average molecular weight is 423 g/mol. The van der Waals surface area contributed by atoms with Crippen LogP contribution in [-0.2, 0) is 20.0 Å². The summed E-state index contributed by atoms with van der Waals surface area (Å²) >= 11 is 0. The highest BCUT2D eigenvalue weighted by atomic mass is 19.1. The molecule has 0 spiro atoms. The van der Waals surface area contributed by atoms with E-state index >= 15 is 0 Å². The Labute approximate surface area is 176 Å². The van der Waals surface area contributed by atoms with Crippen LogP contribution in [0.5, 0.6) is 0 Å². The van der Waals surface area contributed by atoms with Gasteiger partial charge in [-0.2, -0.15) is 4.68 Å². The van der Waals surface area contributed by atoms with Crippen LogP contribution in [0, 0.1) is 11.6 Å². The number of hydrogen-bond acceptors (Lipinski definition) is 6. The molecule has 0 fully saturated rings. The molecular weight excluding hydrogens is 404 g/mol. The highest BCUT2D eigenvalue weighted by molar-refractivity contribution is 5.69. The van der Waals surface area contributed by atoms with Crippen molar-refractivity contribution in [3.05, 3.63) is 82.2 Å². The molecule has 0 aliphatic carbocycles. The molecule has 0 aliphatic rings. The Morgan fingerprint density at radius 1 is 1.10 bits per heavy atom. The van der Waals surface area contributed by atoms with Gasteiger partial charge in [0.25, 0.3) is 5.89 Å². The molecule has 0 saturated heterocycles. The van der Waals surface area contributed by atoms with E-state index in [0.29, 0.717) is 23.4 Å². The van der Waals surface area contributed by atoms with E-state index in [1.54, 1.807) is 24.5 Å². The van der Waals surface area contributed by atoms with Crippen molar-refractivity contribution in [2.45, 2.75) is 19.9 Å². The number of hydrogen-bond donors (Lipinski definition) is 1. The molecule has 3 heterocycles. The predicted octanol–water partition coefficient (Wildman–Crippen LogP) is 3.95. The maximum absolute atomic E-state index is 13.8. The van der Waals surface area contributed by atoms with E-state index in [-0.39, 0.29) is 18.0 Å². The lowest BCUT2D eigenvalue weighted by molar-refractivity contribution is 0.505. The van der Waals surface area contributed by atoms with Gasteiger partial charge in [-0.25, -0.2) is 13.6 Å². The second-order valence-corrected chi connectivity index (χ2v) is 6.85. The molecule has 0 bridgehead atoms. The van der Waals surface area contributed by atoms with E-state index in [0.717, 1.165) is 15.9 Å². The van der Waals surface area contributed by atoms with Gasteiger partial charge >= 0.3 is 5.76 Å². The minimum Gasteiger partial charge on any atom is -0.388 e. The fraction of sp³-hybridized carbons (Fsp3) is 0.182. The third-order valence-corrected chi connectivity index (χ3v) is 4.81. The molecule has 1 aromatic carbocycles. The van der Waals surface area contributed by atoms with Gasteiger partial charge in [0.15, 0.2) is 0 Å². The Morgan fingerprint density at radius 2 is 1.87 bits per heavy atom. The molecule has 31 heavy (non-hydrogen) atoms. The van der Waals surface area contributed by atoms with Crippen LogP contribution in [0.2, 0.25) is 0 Å². The number of benzene rings is 1. The fourth-order valence-corrected chi connectivity index (χ4v) is 3.13. The average Bonchev–Trinajstić information content (AvgIpc) is 3.11. The van der Waals surface area contributed by atoms with Gasteiger partial charge < -0.3 is 9.73 Å². The number of halogens is 2. The van der Waals surface area contributed by atoms with Gasteiger partial charge in [0.05, 0.1) is 23.1 Å². The molecule has 0 saturated carbocycles. The van der Waals surface area contributed by atoms with E-state index in [1.165, 1.54) is 25.2 Å². The molecule has 7 nitrogen and oxygen atoms in total. The Bertz CT molecular complexity index is 1260. The largest absolute Gasteiger partial charge is 0.437 e. The Hall–Kier alpha value is -3.88. The Morgan fingerprint density at radius 3 is 2.48 bits per heavy atom. The summed E-state index contributed by atoms with van der Waals surface area (Å²) in [5.41, 5.74) is 3.40. The third-order valence-electron chi connectivity index (χ3n) is 4.81. The van der Waals surface area contributed by atoms with Crippen molar-refractivity contribution in [2.75, 3.05) is 5.32 Å². The van der Waals surface area contributed by atoms with Gasteiger partial charge in [-0.15, -0.1) is 5.10 Å². The predicted molar refractivity (Wildman–Crippen MR) is 111 cm³/mol. The zero-order chi connectivity index (χ0) is 22.0. The van der Waals surface area contributed by atoms with Crippen LogP contribution in [0.25, 0.3) is 22.7 Å². The molecular formula is C22H19F2N5O2. The Balaban J connectivity index is 1.59. The Kier molecular flexibility index (Phi) is 5.57. The van der Waals surface area contributed by atoms with Gasteiger partial charge in [0.1, 0.15) is 11.6 Å². The quantitative estimate of drug-likeness (QED) is 0.505.